The Morgan fingerprint density at radius 1 is 1.21 bits per heavy atom. The van der Waals surface area contributed by atoms with Gasteiger partial charge in [-0.25, -0.2) is 13.1 Å². The minimum atomic E-state index is -3.67. The molecule has 1 aliphatic heterocycles. The summed E-state index contributed by atoms with van der Waals surface area (Å²) in [6, 6.07) is 6.84. The molecule has 28 heavy (non-hydrogen) atoms. The number of carbonyl (C=O) groups is 1. The number of amides is 1. The van der Waals surface area contributed by atoms with Gasteiger partial charge < -0.3 is 14.4 Å². The van der Waals surface area contributed by atoms with Crippen molar-refractivity contribution in [3.63, 3.8) is 0 Å². The van der Waals surface area contributed by atoms with E-state index in [-0.39, 0.29) is 23.8 Å². The van der Waals surface area contributed by atoms with Crippen molar-refractivity contribution in [2.45, 2.75) is 24.3 Å². The third-order valence-electron chi connectivity index (χ3n) is 4.65. The number of nitrogens with one attached hydrogen (secondary N) is 1. The molecule has 2 aromatic rings. The number of nitrogens with zero attached hydrogens (tertiary/aromatic N) is 2. The zero-order valence-electron chi connectivity index (χ0n) is 15.8. The third-order valence-corrected chi connectivity index (χ3v) is 6.09. The van der Waals surface area contributed by atoms with E-state index in [0.29, 0.717) is 31.0 Å². The number of methoxy groups -OCH3 is 2. The lowest BCUT2D eigenvalue weighted by molar-refractivity contribution is -0.131. The Labute approximate surface area is 164 Å². The van der Waals surface area contributed by atoms with E-state index in [1.54, 1.807) is 25.2 Å². The van der Waals surface area contributed by atoms with Gasteiger partial charge in [0.05, 0.1) is 14.2 Å². The number of sulfonamides is 1. The molecular weight excluding hydrogens is 382 g/mol. The summed E-state index contributed by atoms with van der Waals surface area (Å²) in [6.07, 6.45) is 3.57. The van der Waals surface area contributed by atoms with Crippen LogP contribution in [0.2, 0.25) is 0 Å². The van der Waals surface area contributed by atoms with Gasteiger partial charge in [0.25, 0.3) is 0 Å². The van der Waals surface area contributed by atoms with Crippen molar-refractivity contribution in [1.82, 2.24) is 14.6 Å². The zero-order chi connectivity index (χ0) is 20.1. The quantitative estimate of drug-likeness (QED) is 0.747. The molecule has 1 N–H and O–H groups in total. The number of carbonyl (C=O) groups excluding carboxylic acids is 1. The second kappa shape index (κ2) is 8.57. The van der Waals surface area contributed by atoms with E-state index in [1.807, 2.05) is 12.1 Å². The van der Waals surface area contributed by atoms with Gasteiger partial charge in [-0.3, -0.25) is 9.78 Å². The number of aromatic nitrogens is 1. The van der Waals surface area contributed by atoms with E-state index >= 15 is 0 Å². The summed E-state index contributed by atoms with van der Waals surface area (Å²) in [5.41, 5.74) is 2.13. The molecule has 0 spiro atoms. The van der Waals surface area contributed by atoms with Crippen molar-refractivity contribution in [2.24, 2.45) is 0 Å². The van der Waals surface area contributed by atoms with Gasteiger partial charge in [-0.05, 0) is 41.8 Å². The molecule has 1 aliphatic rings. The van der Waals surface area contributed by atoms with Crippen LogP contribution in [0, 0.1) is 0 Å². The van der Waals surface area contributed by atoms with Crippen molar-refractivity contribution in [3.8, 4) is 11.5 Å². The maximum atomic E-state index is 12.5. The Morgan fingerprint density at radius 2 is 1.93 bits per heavy atom. The maximum Gasteiger partial charge on any atom is 0.242 e. The van der Waals surface area contributed by atoms with Crippen LogP contribution < -0.4 is 14.2 Å². The molecule has 8 nitrogen and oxygen atoms in total. The van der Waals surface area contributed by atoms with Crippen LogP contribution >= 0.6 is 0 Å². The number of hydrogen-bond donors (Lipinski definition) is 1. The van der Waals surface area contributed by atoms with Gasteiger partial charge in [0, 0.05) is 38.4 Å². The van der Waals surface area contributed by atoms with Gasteiger partial charge in [-0.1, -0.05) is 0 Å². The Bertz CT molecular complexity index is 948. The third kappa shape index (κ3) is 4.42. The lowest BCUT2D eigenvalue weighted by atomic mass is 9.98. The molecule has 0 aliphatic carbocycles. The van der Waals surface area contributed by atoms with Gasteiger partial charge in [-0.2, -0.15) is 0 Å². The van der Waals surface area contributed by atoms with Crippen molar-refractivity contribution in [2.75, 3.05) is 27.3 Å². The first-order valence-corrected chi connectivity index (χ1v) is 10.3. The van der Waals surface area contributed by atoms with Crippen LogP contribution in [0.5, 0.6) is 11.5 Å². The number of benzene rings is 1. The van der Waals surface area contributed by atoms with E-state index in [1.165, 1.54) is 18.5 Å². The molecule has 1 aromatic heterocycles. The molecule has 9 heteroatoms. The van der Waals surface area contributed by atoms with Gasteiger partial charge in [-0.15, -0.1) is 0 Å². The zero-order valence-corrected chi connectivity index (χ0v) is 16.7. The predicted molar refractivity (Wildman–Crippen MR) is 103 cm³/mol. The van der Waals surface area contributed by atoms with Crippen molar-refractivity contribution in [3.05, 3.63) is 47.8 Å². The maximum absolute atomic E-state index is 12.5. The number of hydrogen-bond acceptors (Lipinski definition) is 6. The van der Waals surface area contributed by atoms with Crippen LogP contribution in [0.1, 0.15) is 17.5 Å². The number of ether oxygens (including phenoxy) is 2. The highest BCUT2D eigenvalue weighted by molar-refractivity contribution is 7.89. The molecule has 0 radical (unpaired) electrons. The molecule has 0 bridgehead atoms. The molecule has 2 heterocycles. The molecule has 0 fully saturated rings. The fourth-order valence-electron chi connectivity index (χ4n) is 3.14. The highest BCUT2D eigenvalue weighted by Crippen LogP contribution is 2.33. The van der Waals surface area contributed by atoms with Crippen LogP contribution in [0.25, 0.3) is 0 Å². The molecule has 1 aromatic carbocycles. The van der Waals surface area contributed by atoms with Crippen molar-refractivity contribution in [1.29, 1.82) is 0 Å². The standard InChI is InChI=1S/C19H23N3O5S/c1-26-17-10-14-6-9-22(13-15(14)11-18(17)27-2)19(23)5-8-21-28(24,25)16-4-3-7-20-12-16/h3-4,7,10-12,21H,5-6,8-9,13H2,1-2H3. The average molecular weight is 405 g/mol. The molecule has 0 unspecified atom stereocenters. The second-order valence-electron chi connectivity index (χ2n) is 6.38. The number of fused-ring (bicyclic) bond motifs is 1. The summed E-state index contributed by atoms with van der Waals surface area (Å²) < 4.78 is 37.5. The Hall–Kier alpha value is -2.65. The Kier molecular flexibility index (Phi) is 6.15. The van der Waals surface area contributed by atoms with Crippen LogP contribution in [0.15, 0.2) is 41.6 Å². The second-order valence-corrected chi connectivity index (χ2v) is 8.14. The van der Waals surface area contributed by atoms with E-state index in [9.17, 15) is 13.2 Å². The number of pyridine rings is 1. The molecular formula is C19H23N3O5S. The number of rotatable bonds is 7. The molecule has 1 amide bonds. The Morgan fingerprint density at radius 3 is 2.57 bits per heavy atom. The molecule has 3 rings (SSSR count). The van der Waals surface area contributed by atoms with Gasteiger partial charge in [0.15, 0.2) is 11.5 Å². The minimum absolute atomic E-state index is 0.0331. The topological polar surface area (TPSA) is 97.8 Å². The fourth-order valence-corrected chi connectivity index (χ4v) is 4.13. The largest absolute Gasteiger partial charge is 0.493 e. The van der Waals surface area contributed by atoms with E-state index in [0.717, 1.165) is 11.1 Å². The molecule has 0 saturated heterocycles. The first kappa shape index (κ1) is 20.1. The van der Waals surface area contributed by atoms with Crippen LogP contribution in [-0.2, 0) is 27.8 Å². The van der Waals surface area contributed by atoms with E-state index in [2.05, 4.69) is 9.71 Å². The highest BCUT2D eigenvalue weighted by atomic mass is 32.2. The van der Waals surface area contributed by atoms with E-state index in [4.69, 9.17) is 9.47 Å². The first-order valence-electron chi connectivity index (χ1n) is 8.86. The Balaban J connectivity index is 1.59. The monoisotopic (exact) mass is 405 g/mol. The lowest BCUT2D eigenvalue weighted by Gasteiger charge is -2.29. The normalized spacial score (nSPS) is 13.7. The van der Waals surface area contributed by atoms with Gasteiger partial charge in [0.1, 0.15) is 4.90 Å². The first-order chi connectivity index (χ1) is 13.4. The van der Waals surface area contributed by atoms with Crippen molar-refractivity contribution < 1.29 is 22.7 Å². The lowest BCUT2D eigenvalue weighted by Crippen LogP contribution is -2.38. The van der Waals surface area contributed by atoms with Crippen LogP contribution in [-0.4, -0.2) is 51.5 Å². The summed E-state index contributed by atoms with van der Waals surface area (Å²) >= 11 is 0. The molecule has 150 valence electrons. The summed E-state index contributed by atoms with van der Waals surface area (Å²) in [6.45, 7) is 1.08. The summed E-state index contributed by atoms with van der Waals surface area (Å²) in [4.78, 5) is 18.1. The van der Waals surface area contributed by atoms with Crippen molar-refractivity contribution >= 4 is 15.9 Å². The summed E-state index contributed by atoms with van der Waals surface area (Å²) in [5, 5.41) is 0. The minimum Gasteiger partial charge on any atom is -0.493 e. The SMILES string of the molecule is COc1cc2c(cc1OC)CN(C(=O)CCNS(=O)(=O)c1cccnc1)CC2. The molecule has 0 saturated carbocycles. The smallest absolute Gasteiger partial charge is 0.242 e. The average Bonchev–Trinajstić information content (AvgIpc) is 2.72. The predicted octanol–water partition coefficient (Wildman–Crippen LogP) is 1.35. The summed E-state index contributed by atoms with van der Waals surface area (Å²) in [7, 11) is -0.499. The van der Waals surface area contributed by atoms with Gasteiger partial charge in [0.2, 0.25) is 15.9 Å². The fraction of sp³-hybridized carbons (Fsp3) is 0.368. The highest BCUT2D eigenvalue weighted by Gasteiger charge is 2.23. The molecule has 0 atom stereocenters. The summed E-state index contributed by atoms with van der Waals surface area (Å²) in [5.74, 6) is 1.19. The van der Waals surface area contributed by atoms with E-state index < -0.39 is 10.0 Å². The van der Waals surface area contributed by atoms with Gasteiger partial charge >= 0.3 is 0 Å². The van der Waals surface area contributed by atoms with Crippen LogP contribution in [0.3, 0.4) is 0 Å². The van der Waals surface area contributed by atoms with Crippen LogP contribution in [0.4, 0.5) is 0 Å².